The molecule has 0 radical (unpaired) electrons. The third-order valence-corrected chi connectivity index (χ3v) is 3.08. The van der Waals surface area contributed by atoms with Gasteiger partial charge < -0.3 is 14.8 Å². The van der Waals surface area contributed by atoms with E-state index >= 15 is 0 Å². The molecule has 1 heterocycles. The van der Waals surface area contributed by atoms with Crippen LogP contribution < -0.4 is 14.8 Å². The van der Waals surface area contributed by atoms with E-state index in [2.05, 4.69) is 10.4 Å². The Hall–Kier alpha value is -2.50. The Balaban J connectivity index is 2.07. The number of nitrogens with zero attached hydrogens (tertiary/aromatic N) is 2. The quantitative estimate of drug-likeness (QED) is 0.880. The molecule has 0 aliphatic heterocycles. The molecule has 21 heavy (non-hydrogen) atoms. The van der Waals surface area contributed by atoms with Gasteiger partial charge in [0.25, 0.3) is 5.91 Å². The molecule has 0 aliphatic rings. The van der Waals surface area contributed by atoms with Gasteiger partial charge in [-0.05, 0) is 31.2 Å². The summed E-state index contributed by atoms with van der Waals surface area (Å²) in [6.45, 7) is 2.86. The maximum Gasteiger partial charge on any atom is 0.251 e. The van der Waals surface area contributed by atoms with Crippen LogP contribution in [-0.4, -0.2) is 29.4 Å². The van der Waals surface area contributed by atoms with Crippen LogP contribution in [0.2, 0.25) is 0 Å². The number of benzene rings is 1. The molecule has 0 saturated carbocycles. The summed E-state index contributed by atoms with van der Waals surface area (Å²) in [4.78, 5) is 12.2. The molecule has 6 heteroatoms. The average Bonchev–Trinajstić information content (AvgIpc) is 2.90. The molecule has 1 N–H and O–H groups in total. The van der Waals surface area contributed by atoms with Crippen molar-refractivity contribution >= 4 is 5.91 Å². The van der Waals surface area contributed by atoms with E-state index < -0.39 is 0 Å². The molecule has 0 fully saturated rings. The molecule has 0 aliphatic carbocycles. The predicted molar refractivity (Wildman–Crippen MR) is 78.5 cm³/mol. The van der Waals surface area contributed by atoms with Crippen molar-refractivity contribution in [2.45, 2.75) is 13.5 Å². The second-order valence-electron chi connectivity index (χ2n) is 4.43. The van der Waals surface area contributed by atoms with Crippen LogP contribution in [0.4, 0.5) is 0 Å². The average molecular weight is 289 g/mol. The molecule has 1 amide bonds. The Morgan fingerprint density at radius 2 is 2.14 bits per heavy atom. The van der Waals surface area contributed by atoms with E-state index in [1.165, 1.54) is 0 Å². The number of nitrogens with one attached hydrogen (secondary N) is 1. The second kappa shape index (κ2) is 6.78. The van der Waals surface area contributed by atoms with E-state index in [1.54, 1.807) is 36.2 Å². The molecule has 1 aromatic carbocycles. The highest BCUT2D eigenvalue weighted by Crippen LogP contribution is 2.27. The molecule has 0 saturated heterocycles. The molecule has 0 spiro atoms. The minimum atomic E-state index is -0.169. The lowest BCUT2D eigenvalue weighted by Gasteiger charge is -2.11. The number of ether oxygens (including phenoxy) is 2. The van der Waals surface area contributed by atoms with Gasteiger partial charge in [-0.3, -0.25) is 9.48 Å². The molecule has 0 bridgehead atoms. The van der Waals surface area contributed by atoms with Crippen molar-refractivity contribution in [3.05, 3.63) is 41.7 Å². The maximum atomic E-state index is 12.2. The summed E-state index contributed by atoms with van der Waals surface area (Å²) >= 11 is 0. The zero-order valence-electron chi connectivity index (χ0n) is 12.4. The maximum absolute atomic E-state index is 12.2. The van der Waals surface area contributed by atoms with Gasteiger partial charge in [-0.25, -0.2) is 0 Å². The minimum absolute atomic E-state index is 0.169. The highest BCUT2D eigenvalue weighted by Gasteiger charge is 2.11. The molecule has 0 unspecified atom stereocenters. The van der Waals surface area contributed by atoms with Crippen LogP contribution >= 0.6 is 0 Å². The van der Waals surface area contributed by atoms with Crippen LogP contribution in [0.15, 0.2) is 30.5 Å². The Kier molecular flexibility index (Phi) is 4.81. The molecular formula is C15H19N3O3. The molecule has 0 atom stereocenters. The normalized spacial score (nSPS) is 10.2. The van der Waals surface area contributed by atoms with Crippen LogP contribution in [-0.2, 0) is 13.6 Å². The summed E-state index contributed by atoms with van der Waals surface area (Å²) in [5, 5.41) is 6.90. The lowest BCUT2D eigenvalue weighted by molar-refractivity contribution is 0.0949. The molecular weight excluding hydrogens is 270 g/mol. The first kappa shape index (κ1) is 14.9. The van der Waals surface area contributed by atoms with Crippen molar-refractivity contribution in [3.63, 3.8) is 0 Å². The summed E-state index contributed by atoms with van der Waals surface area (Å²) in [5.74, 6) is 1.01. The van der Waals surface area contributed by atoms with Crippen LogP contribution in [0, 0.1) is 0 Å². The van der Waals surface area contributed by atoms with Crippen LogP contribution in [0.1, 0.15) is 23.0 Å². The molecule has 2 aromatic rings. The van der Waals surface area contributed by atoms with Gasteiger partial charge in [-0.15, -0.1) is 0 Å². The summed E-state index contributed by atoms with van der Waals surface area (Å²) in [6.07, 6.45) is 1.70. The number of aryl methyl sites for hydroxylation is 1. The van der Waals surface area contributed by atoms with Gasteiger partial charge in [0.1, 0.15) is 0 Å². The summed E-state index contributed by atoms with van der Waals surface area (Å²) < 4.78 is 12.4. The van der Waals surface area contributed by atoms with Crippen LogP contribution in [0.3, 0.4) is 0 Å². The summed E-state index contributed by atoms with van der Waals surface area (Å²) in [7, 11) is 3.39. The Bertz CT molecular complexity index is 622. The van der Waals surface area contributed by atoms with Crippen molar-refractivity contribution in [2.75, 3.05) is 13.7 Å². The largest absolute Gasteiger partial charge is 0.493 e. The van der Waals surface area contributed by atoms with E-state index in [1.807, 2.05) is 20.0 Å². The number of amides is 1. The number of hydrogen-bond donors (Lipinski definition) is 1. The smallest absolute Gasteiger partial charge is 0.251 e. The number of aromatic nitrogens is 2. The van der Waals surface area contributed by atoms with E-state index in [9.17, 15) is 4.79 Å². The van der Waals surface area contributed by atoms with Crippen molar-refractivity contribution in [1.29, 1.82) is 0 Å². The Morgan fingerprint density at radius 3 is 2.76 bits per heavy atom. The highest BCUT2D eigenvalue weighted by atomic mass is 16.5. The number of hydrogen-bond acceptors (Lipinski definition) is 4. The first-order valence-corrected chi connectivity index (χ1v) is 6.71. The fourth-order valence-electron chi connectivity index (χ4n) is 1.93. The molecule has 1 aromatic heterocycles. The van der Waals surface area contributed by atoms with Crippen molar-refractivity contribution in [1.82, 2.24) is 15.1 Å². The van der Waals surface area contributed by atoms with E-state index in [0.29, 0.717) is 30.2 Å². The fraction of sp³-hybridized carbons (Fsp3) is 0.333. The van der Waals surface area contributed by atoms with E-state index in [-0.39, 0.29) is 5.91 Å². The molecule has 2 rings (SSSR count). The van der Waals surface area contributed by atoms with Gasteiger partial charge in [-0.2, -0.15) is 5.10 Å². The third-order valence-electron chi connectivity index (χ3n) is 3.08. The predicted octanol–water partition coefficient (Wildman–Crippen LogP) is 1.76. The van der Waals surface area contributed by atoms with Gasteiger partial charge in [0.15, 0.2) is 11.5 Å². The van der Waals surface area contributed by atoms with Gasteiger partial charge >= 0.3 is 0 Å². The summed E-state index contributed by atoms with van der Waals surface area (Å²) in [6, 6.07) is 6.98. The minimum Gasteiger partial charge on any atom is -0.493 e. The lowest BCUT2D eigenvalue weighted by Crippen LogP contribution is -2.24. The molecule has 6 nitrogen and oxygen atoms in total. The van der Waals surface area contributed by atoms with Crippen molar-refractivity contribution < 1.29 is 14.3 Å². The number of methoxy groups -OCH3 is 1. The monoisotopic (exact) mass is 289 g/mol. The zero-order chi connectivity index (χ0) is 15.2. The Morgan fingerprint density at radius 1 is 1.33 bits per heavy atom. The topological polar surface area (TPSA) is 65.4 Å². The standard InChI is InChI=1S/C15H19N3O3/c1-4-21-13-6-5-11(9-14(13)20-3)15(19)16-10-12-7-8-17-18(12)2/h5-9H,4,10H2,1-3H3,(H,16,19). The number of carbonyl (C=O) groups is 1. The Labute approximate surface area is 123 Å². The molecule has 112 valence electrons. The third kappa shape index (κ3) is 3.53. The van der Waals surface area contributed by atoms with Gasteiger partial charge in [0, 0.05) is 18.8 Å². The first-order valence-electron chi connectivity index (χ1n) is 6.71. The van der Waals surface area contributed by atoms with Crippen molar-refractivity contribution in [2.24, 2.45) is 7.05 Å². The first-order chi connectivity index (χ1) is 10.2. The van der Waals surface area contributed by atoms with E-state index in [4.69, 9.17) is 9.47 Å². The van der Waals surface area contributed by atoms with Crippen LogP contribution in [0.5, 0.6) is 11.5 Å². The van der Waals surface area contributed by atoms with E-state index in [0.717, 1.165) is 5.69 Å². The van der Waals surface area contributed by atoms with Gasteiger partial charge in [0.2, 0.25) is 0 Å². The van der Waals surface area contributed by atoms with Crippen LogP contribution in [0.25, 0.3) is 0 Å². The second-order valence-corrected chi connectivity index (χ2v) is 4.43. The van der Waals surface area contributed by atoms with Crippen molar-refractivity contribution in [3.8, 4) is 11.5 Å². The number of carbonyl (C=O) groups excluding carboxylic acids is 1. The fourth-order valence-corrected chi connectivity index (χ4v) is 1.93. The highest BCUT2D eigenvalue weighted by molar-refractivity contribution is 5.94. The zero-order valence-corrected chi connectivity index (χ0v) is 12.4. The summed E-state index contributed by atoms with van der Waals surface area (Å²) in [5.41, 5.74) is 1.46. The SMILES string of the molecule is CCOc1ccc(C(=O)NCc2ccnn2C)cc1OC. The number of rotatable bonds is 6. The van der Waals surface area contributed by atoms with Gasteiger partial charge in [0.05, 0.1) is 26.0 Å². The van der Waals surface area contributed by atoms with Gasteiger partial charge in [-0.1, -0.05) is 0 Å². The lowest BCUT2D eigenvalue weighted by atomic mass is 10.2.